The zero-order chi connectivity index (χ0) is 12.1. The maximum atomic E-state index is 9.14. The van der Waals surface area contributed by atoms with Gasteiger partial charge >= 0.3 is 0 Å². The molecule has 17 heavy (non-hydrogen) atoms. The first-order valence-electron chi connectivity index (χ1n) is 5.19. The van der Waals surface area contributed by atoms with Crippen molar-refractivity contribution in [2.24, 2.45) is 0 Å². The summed E-state index contributed by atoms with van der Waals surface area (Å²) in [7, 11) is 0. The summed E-state index contributed by atoms with van der Waals surface area (Å²) in [6, 6.07) is 16.0. The fourth-order valence-corrected chi connectivity index (χ4v) is 1.44. The number of nitriles is 1. The Kier molecular flexibility index (Phi) is 3.27. The molecule has 2 aromatic rings. The lowest BCUT2D eigenvalue weighted by Crippen LogP contribution is -1.96. The average Bonchev–Trinajstić information content (AvgIpc) is 2.38. The topological polar surface area (TPSA) is 53.2 Å². The molecule has 0 saturated heterocycles. The number of phenolic OH excluding ortho intramolecular Hbond substituents is 1. The molecule has 3 heteroatoms. The monoisotopic (exact) mass is 225 g/mol. The van der Waals surface area contributed by atoms with Gasteiger partial charge in [-0.2, -0.15) is 5.26 Å². The molecule has 0 fully saturated rings. The molecule has 2 aromatic carbocycles. The van der Waals surface area contributed by atoms with Gasteiger partial charge in [0.1, 0.15) is 24.2 Å². The number of hydrogen-bond donors (Lipinski definition) is 1. The van der Waals surface area contributed by atoms with E-state index in [2.05, 4.69) is 6.07 Å². The van der Waals surface area contributed by atoms with E-state index in [1.807, 2.05) is 6.07 Å². The van der Waals surface area contributed by atoms with Crippen LogP contribution in [0.25, 0.3) is 0 Å². The van der Waals surface area contributed by atoms with Crippen molar-refractivity contribution in [3.8, 4) is 17.6 Å². The maximum absolute atomic E-state index is 9.14. The average molecular weight is 225 g/mol. The second-order valence-electron chi connectivity index (χ2n) is 3.56. The van der Waals surface area contributed by atoms with Crippen LogP contribution in [0.15, 0.2) is 48.5 Å². The van der Waals surface area contributed by atoms with E-state index >= 15 is 0 Å². The molecule has 0 aromatic heterocycles. The van der Waals surface area contributed by atoms with E-state index in [0.29, 0.717) is 17.9 Å². The predicted octanol–water partition coefficient (Wildman–Crippen LogP) is 2.84. The zero-order valence-corrected chi connectivity index (χ0v) is 9.13. The molecule has 0 amide bonds. The number of phenols is 1. The summed E-state index contributed by atoms with van der Waals surface area (Å²) in [6.07, 6.45) is 0. The first-order chi connectivity index (χ1) is 8.29. The van der Waals surface area contributed by atoms with Gasteiger partial charge in [-0.05, 0) is 29.8 Å². The standard InChI is InChI=1S/C14H11NO2/c15-9-12-3-1-2-4-14(12)17-10-11-5-7-13(16)8-6-11/h1-8,16H,10H2. The van der Waals surface area contributed by atoms with Gasteiger partial charge in [-0.3, -0.25) is 0 Å². The number of nitrogens with zero attached hydrogens (tertiary/aromatic N) is 1. The Morgan fingerprint density at radius 3 is 2.47 bits per heavy atom. The lowest BCUT2D eigenvalue weighted by molar-refractivity contribution is 0.305. The summed E-state index contributed by atoms with van der Waals surface area (Å²) in [5.74, 6) is 0.800. The lowest BCUT2D eigenvalue weighted by atomic mass is 10.2. The third-order valence-electron chi connectivity index (χ3n) is 2.34. The van der Waals surface area contributed by atoms with Crippen LogP contribution < -0.4 is 4.74 Å². The van der Waals surface area contributed by atoms with Crippen LogP contribution in [0.3, 0.4) is 0 Å². The summed E-state index contributed by atoms with van der Waals surface area (Å²) >= 11 is 0. The molecule has 0 spiro atoms. The minimum atomic E-state index is 0.228. The summed E-state index contributed by atoms with van der Waals surface area (Å²) in [6.45, 7) is 0.374. The van der Waals surface area contributed by atoms with Crippen molar-refractivity contribution >= 4 is 0 Å². The highest BCUT2D eigenvalue weighted by Crippen LogP contribution is 2.18. The van der Waals surface area contributed by atoms with E-state index in [9.17, 15) is 0 Å². The van der Waals surface area contributed by atoms with Crippen molar-refractivity contribution < 1.29 is 9.84 Å². The Morgan fingerprint density at radius 2 is 1.76 bits per heavy atom. The fraction of sp³-hybridized carbons (Fsp3) is 0.0714. The van der Waals surface area contributed by atoms with Gasteiger partial charge in [-0.1, -0.05) is 24.3 Å². The molecule has 0 atom stereocenters. The SMILES string of the molecule is N#Cc1ccccc1OCc1ccc(O)cc1. The molecule has 84 valence electrons. The van der Waals surface area contributed by atoms with Gasteiger partial charge in [0.05, 0.1) is 5.56 Å². The number of ether oxygens (including phenoxy) is 1. The van der Waals surface area contributed by atoms with Gasteiger partial charge in [-0.25, -0.2) is 0 Å². The Bertz CT molecular complexity index is 541. The molecule has 0 aliphatic heterocycles. The third-order valence-corrected chi connectivity index (χ3v) is 2.34. The van der Waals surface area contributed by atoms with Crippen molar-refractivity contribution in [2.75, 3.05) is 0 Å². The third kappa shape index (κ3) is 2.76. The van der Waals surface area contributed by atoms with Gasteiger partial charge in [0.2, 0.25) is 0 Å². The van der Waals surface area contributed by atoms with Crippen molar-refractivity contribution in [2.45, 2.75) is 6.61 Å². The molecule has 0 saturated carbocycles. The first kappa shape index (κ1) is 11.0. The summed E-state index contributed by atoms with van der Waals surface area (Å²) in [5.41, 5.74) is 1.46. The van der Waals surface area contributed by atoms with Crippen molar-refractivity contribution in [3.05, 3.63) is 59.7 Å². The molecular weight excluding hydrogens is 214 g/mol. The zero-order valence-electron chi connectivity index (χ0n) is 9.13. The Hall–Kier alpha value is -2.47. The van der Waals surface area contributed by atoms with Gasteiger partial charge in [-0.15, -0.1) is 0 Å². The predicted molar refractivity (Wildman–Crippen MR) is 63.6 cm³/mol. The molecule has 0 unspecified atom stereocenters. The molecule has 1 N–H and O–H groups in total. The smallest absolute Gasteiger partial charge is 0.137 e. The quantitative estimate of drug-likeness (QED) is 0.873. The molecule has 0 aliphatic rings. The first-order valence-corrected chi connectivity index (χ1v) is 5.19. The minimum absolute atomic E-state index is 0.228. The van der Waals surface area contributed by atoms with E-state index in [0.717, 1.165) is 5.56 Å². The Morgan fingerprint density at radius 1 is 1.06 bits per heavy atom. The van der Waals surface area contributed by atoms with Crippen molar-refractivity contribution in [1.29, 1.82) is 5.26 Å². The van der Waals surface area contributed by atoms with Crippen LogP contribution in [0.2, 0.25) is 0 Å². The molecule has 0 bridgehead atoms. The Balaban J connectivity index is 2.08. The van der Waals surface area contributed by atoms with Crippen molar-refractivity contribution in [1.82, 2.24) is 0 Å². The number of para-hydroxylation sites is 1. The van der Waals surface area contributed by atoms with E-state index in [4.69, 9.17) is 15.1 Å². The van der Waals surface area contributed by atoms with Crippen molar-refractivity contribution in [3.63, 3.8) is 0 Å². The number of aromatic hydroxyl groups is 1. The molecule has 2 rings (SSSR count). The van der Waals surface area contributed by atoms with E-state index in [1.165, 1.54) is 0 Å². The van der Waals surface area contributed by atoms with Crippen LogP contribution in [0, 0.1) is 11.3 Å². The highest BCUT2D eigenvalue weighted by Gasteiger charge is 2.01. The highest BCUT2D eigenvalue weighted by molar-refractivity contribution is 5.42. The van der Waals surface area contributed by atoms with Crippen LogP contribution in [0.4, 0.5) is 0 Å². The highest BCUT2D eigenvalue weighted by atomic mass is 16.5. The molecule has 0 aliphatic carbocycles. The van der Waals surface area contributed by atoms with Gasteiger partial charge < -0.3 is 9.84 Å². The second kappa shape index (κ2) is 5.04. The Labute approximate surface area is 99.5 Å². The number of benzene rings is 2. The number of hydrogen-bond acceptors (Lipinski definition) is 3. The van der Waals surface area contributed by atoms with Gasteiger partial charge in [0.25, 0.3) is 0 Å². The summed E-state index contributed by atoms with van der Waals surface area (Å²) < 4.78 is 5.55. The minimum Gasteiger partial charge on any atom is -0.508 e. The van der Waals surface area contributed by atoms with Crippen LogP contribution in [0.1, 0.15) is 11.1 Å². The van der Waals surface area contributed by atoms with Gasteiger partial charge in [0.15, 0.2) is 0 Å². The van der Waals surface area contributed by atoms with Crippen LogP contribution in [-0.4, -0.2) is 5.11 Å². The summed E-state index contributed by atoms with van der Waals surface area (Å²) in [5, 5.41) is 18.0. The van der Waals surface area contributed by atoms with Crippen LogP contribution in [-0.2, 0) is 6.61 Å². The second-order valence-corrected chi connectivity index (χ2v) is 3.56. The number of rotatable bonds is 3. The molecule has 3 nitrogen and oxygen atoms in total. The molecule has 0 radical (unpaired) electrons. The fourth-order valence-electron chi connectivity index (χ4n) is 1.44. The largest absolute Gasteiger partial charge is 0.508 e. The normalized spacial score (nSPS) is 9.59. The van der Waals surface area contributed by atoms with Crippen LogP contribution in [0.5, 0.6) is 11.5 Å². The summed E-state index contributed by atoms with van der Waals surface area (Å²) in [4.78, 5) is 0. The lowest BCUT2D eigenvalue weighted by Gasteiger charge is -2.07. The van der Waals surface area contributed by atoms with Gasteiger partial charge in [0, 0.05) is 0 Å². The van der Waals surface area contributed by atoms with Crippen LogP contribution >= 0.6 is 0 Å². The maximum Gasteiger partial charge on any atom is 0.137 e. The molecule has 0 heterocycles. The van der Waals surface area contributed by atoms with E-state index < -0.39 is 0 Å². The van der Waals surface area contributed by atoms with E-state index in [-0.39, 0.29) is 5.75 Å². The van der Waals surface area contributed by atoms with E-state index in [1.54, 1.807) is 42.5 Å². The molecular formula is C14H11NO2.